The summed E-state index contributed by atoms with van der Waals surface area (Å²) < 4.78 is 7.09. The van der Waals surface area contributed by atoms with Gasteiger partial charge in [0.05, 0.1) is 25.0 Å². The van der Waals surface area contributed by atoms with E-state index in [1.54, 1.807) is 7.11 Å². The zero-order valence-electron chi connectivity index (χ0n) is 17.6. The van der Waals surface area contributed by atoms with Gasteiger partial charge < -0.3 is 10.1 Å². The predicted octanol–water partition coefficient (Wildman–Crippen LogP) is 4.32. The molecule has 0 aliphatic carbocycles. The van der Waals surface area contributed by atoms with Crippen molar-refractivity contribution in [2.24, 2.45) is 0 Å². The lowest BCUT2D eigenvalue weighted by molar-refractivity contribution is -0.122. The zero-order chi connectivity index (χ0) is 22.0. The van der Waals surface area contributed by atoms with Crippen LogP contribution in [0.3, 0.4) is 0 Å². The number of ether oxygens (including phenoxy) is 1. The number of rotatable bonds is 6. The highest BCUT2D eigenvalue weighted by Gasteiger charge is 2.15. The zero-order valence-corrected chi connectivity index (χ0v) is 18.4. The topological polar surface area (TPSA) is 73.2 Å². The van der Waals surface area contributed by atoms with Crippen LogP contribution in [0.15, 0.2) is 65.7 Å². The van der Waals surface area contributed by atoms with Crippen LogP contribution in [0.25, 0.3) is 20.7 Å². The fourth-order valence-electron chi connectivity index (χ4n) is 3.55. The number of nitrogens with one attached hydrogen (secondary N) is 1. The summed E-state index contributed by atoms with van der Waals surface area (Å²) in [4.78, 5) is 30.9. The first-order chi connectivity index (χ1) is 15.0. The lowest BCUT2D eigenvalue weighted by Gasteiger charge is -2.16. The van der Waals surface area contributed by atoms with Gasteiger partial charge in [0.2, 0.25) is 5.91 Å². The van der Waals surface area contributed by atoms with Crippen molar-refractivity contribution in [2.45, 2.75) is 26.4 Å². The maximum Gasteiger partial charge on any atom is 0.271 e. The van der Waals surface area contributed by atoms with Gasteiger partial charge in [-0.3, -0.25) is 14.2 Å². The molecule has 0 saturated carbocycles. The van der Waals surface area contributed by atoms with Crippen LogP contribution in [-0.4, -0.2) is 22.6 Å². The summed E-state index contributed by atoms with van der Waals surface area (Å²) in [6.07, 6.45) is 1.44. The van der Waals surface area contributed by atoms with Crippen molar-refractivity contribution >= 4 is 27.5 Å². The maximum atomic E-state index is 13.0. The number of aryl methyl sites for hydroxylation is 1. The van der Waals surface area contributed by atoms with Crippen molar-refractivity contribution in [3.63, 3.8) is 0 Å². The molecule has 4 rings (SSSR count). The van der Waals surface area contributed by atoms with Gasteiger partial charge >= 0.3 is 0 Å². The Morgan fingerprint density at radius 3 is 2.65 bits per heavy atom. The number of fused-ring (bicyclic) bond motifs is 1. The summed E-state index contributed by atoms with van der Waals surface area (Å²) in [6.45, 7) is 3.87. The number of hydrogen-bond acceptors (Lipinski definition) is 5. The summed E-state index contributed by atoms with van der Waals surface area (Å²) in [5.74, 6) is 0.544. The number of methoxy groups -OCH3 is 1. The highest BCUT2D eigenvalue weighted by atomic mass is 32.1. The SMILES string of the molecule is COc1ccc(-c2cc3ncn(CC(=O)N[C@H](C)c4ccccc4C)c(=O)c3s2)cc1. The van der Waals surface area contributed by atoms with E-state index in [-0.39, 0.29) is 24.1 Å². The van der Waals surface area contributed by atoms with E-state index in [1.807, 2.05) is 68.4 Å². The Hall–Kier alpha value is -3.45. The van der Waals surface area contributed by atoms with Gasteiger partial charge in [0.1, 0.15) is 17.0 Å². The minimum Gasteiger partial charge on any atom is -0.497 e. The fraction of sp³-hybridized carbons (Fsp3) is 0.208. The van der Waals surface area contributed by atoms with Crippen LogP contribution in [0.2, 0.25) is 0 Å². The fourth-order valence-corrected chi connectivity index (χ4v) is 4.61. The summed E-state index contributed by atoms with van der Waals surface area (Å²) in [5.41, 5.74) is 3.57. The number of aromatic nitrogens is 2. The van der Waals surface area contributed by atoms with E-state index < -0.39 is 0 Å². The number of benzene rings is 2. The molecule has 2 aromatic heterocycles. The summed E-state index contributed by atoms with van der Waals surface area (Å²) in [6, 6.07) is 17.3. The highest BCUT2D eigenvalue weighted by molar-refractivity contribution is 7.22. The van der Waals surface area contributed by atoms with E-state index in [0.717, 1.165) is 27.3 Å². The Labute approximate surface area is 184 Å². The van der Waals surface area contributed by atoms with Crippen molar-refractivity contribution in [3.8, 4) is 16.2 Å². The van der Waals surface area contributed by atoms with Crippen molar-refractivity contribution in [2.75, 3.05) is 7.11 Å². The summed E-state index contributed by atoms with van der Waals surface area (Å²) in [7, 11) is 1.62. The molecule has 4 aromatic rings. The molecule has 2 aromatic carbocycles. The van der Waals surface area contributed by atoms with E-state index in [2.05, 4.69) is 10.3 Å². The molecule has 1 atom stereocenters. The average molecular weight is 434 g/mol. The largest absolute Gasteiger partial charge is 0.497 e. The first-order valence-electron chi connectivity index (χ1n) is 9.94. The molecule has 1 N–H and O–H groups in total. The second-order valence-electron chi connectivity index (χ2n) is 7.38. The van der Waals surface area contributed by atoms with Crippen LogP contribution in [0.4, 0.5) is 0 Å². The van der Waals surface area contributed by atoms with Crippen LogP contribution in [0.1, 0.15) is 24.1 Å². The molecule has 7 heteroatoms. The molecule has 2 heterocycles. The standard InChI is InChI=1S/C24H23N3O3S/c1-15-6-4-5-7-19(15)16(2)26-22(28)13-27-14-25-20-12-21(31-23(20)24(27)29)17-8-10-18(30-3)11-9-17/h4-12,14,16H,13H2,1-3H3,(H,26,28)/t16-/m1/s1. The molecular weight excluding hydrogens is 410 g/mol. The lowest BCUT2D eigenvalue weighted by atomic mass is 10.0. The molecule has 0 fully saturated rings. The lowest BCUT2D eigenvalue weighted by Crippen LogP contribution is -2.34. The first kappa shape index (κ1) is 20.8. The van der Waals surface area contributed by atoms with Gasteiger partial charge in [-0.25, -0.2) is 4.98 Å². The molecule has 0 radical (unpaired) electrons. The minimum atomic E-state index is -0.231. The van der Waals surface area contributed by atoms with E-state index in [0.29, 0.717) is 10.2 Å². The van der Waals surface area contributed by atoms with Crippen LogP contribution in [0, 0.1) is 6.92 Å². The normalized spacial score (nSPS) is 12.0. The third-order valence-electron chi connectivity index (χ3n) is 5.22. The molecule has 6 nitrogen and oxygen atoms in total. The number of carbonyl (C=O) groups is 1. The van der Waals surface area contributed by atoms with Gasteiger partial charge in [-0.15, -0.1) is 11.3 Å². The number of carbonyl (C=O) groups excluding carboxylic acids is 1. The van der Waals surface area contributed by atoms with Gasteiger partial charge in [-0.1, -0.05) is 24.3 Å². The highest BCUT2D eigenvalue weighted by Crippen LogP contribution is 2.31. The Balaban J connectivity index is 1.54. The Morgan fingerprint density at radius 2 is 1.94 bits per heavy atom. The van der Waals surface area contributed by atoms with Gasteiger partial charge in [0.25, 0.3) is 5.56 Å². The molecule has 0 spiro atoms. The Morgan fingerprint density at radius 1 is 1.19 bits per heavy atom. The number of amides is 1. The molecule has 158 valence electrons. The van der Waals surface area contributed by atoms with Crippen LogP contribution in [0.5, 0.6) is 5.75 Å². The van der Waals surface area contributed by atoms with E-state index in [1.165, 1.54) is 22.2 Å². The molecule has 0 unspecified atom stereocenters. The average Bonchev–Trinajstić information content (AvgIpc) is 3.21. The monoisotopic (exact) mass is 433 g/mol. The third-order valence-corrected chi connectivity index (χ3v) is 6.39. The molecule has 31 heavy (non-hydrogen) atoms. The molecule has 0 saturated heterocycles. The Kier molecular flexibility index (Phi) is 5.86. The quantitative estimate of drug-likeness (QED) is 0.492. The van der Waals surface area contributed by atoms with E-state index in [4.69, 9.17) is 4.74 Å². The maximum absolute atomic E-state index is 13.0. The van der Waals surface area contributed by atoms with Gasteiger partial charge in [0, 0.05) is 4.88 Å². The first-order valence-corrected chi connectivity index (χ1v) is 10.8. The number of hydrogen-bond donors (Lipinski definition) is 1. The van der Waals surface area contributed by atoms with Crippen LogP contribution in [-0.2, 0) is 11.3 Å². The number of thiophene rings is 1. The van der Waals surface area contributed by atoms with Crippen molar-refractivity contribution in [1.29, 1.82) is 0 Å². The predicted molar refractivity (Wildman–Crippen MR) is 124 cm³/mol. The molecule has 0 bridgehead atoms. The number of nitrogens with zero attached hydrogens (tertiary/aromatic N) is 2. The van der Waals surface area contributed by atoms with Gasteiger partial charge in [0.15, 0.2) is 0 Å². The third kappa shape index (κ3) is 4.36. The van der Waals surface area contributed by atoms with Crippen molar-refractivity contribution < 1.29 is 9.53 Å². The van der Waals surface area contributed by atoms with Crippen molar-refractivity contribution in [1.82, 2.24) is 14.9 Å². The van der Waals surface area contributed by atoms with Crippen LogP contribution < -0.4 is 15.6 Å². The molecular formula is C24H23N3O3S. The summed E-state index contributed by atoms with van der Waals surface area (Å²) in [5, 5.41) is 2.97. The second kappa shape index (κ2) is 8.73. The smallest absolute Gasteiger partial charge is 0.271 e. The molecule has 1 amide bonds. The summed E-state index contributed by atoms with van der Waals surface area (Å²) >= 11 is 1.38. The van der Waals surface area contributed by atoms with E-state index >= 15 is 0 Å². The Bertz CT molecular complexity index is 1290. The second-order valence-corrected chi connectivity index (χ2v) is 8.43. The van der Waals surface area contributed by atoms with Gasteiger partial charge in [-0.2, -0.15) is 0 Å². The molecule has 0 aliphatic heterocycles. The van der Waals surface area contributed by atoms with Crippen molar-refractivity contribution in [3.05, 3.63) is 82.4 Å². The van der Waals surface area contributed by atoms with E-state index in [9.17, 15) is 9.59 Å². The van der Waals surface area contributed by atoms with Gasteiger partial charge in [-0.05, 0) is 60.9 Å². The van der Waals surface area contributed by atoms with Crippen LogP contribution >= 0.6 is 11.3 Å². The molecule has 0 aliphatic rings. The minimum absolute atomic E-state index is 0.0756.